The first kappa shape index (κ1) is 16.3. The monoisotopic (exact) mass is 340 g/mol. The third-order valence-electron chi connectivity index (χ3n) is 5.60. The van der Waals surface area contributed by atoms with Crippen LogP contribution in [-0.4, -0.2) is 38.8 Å². The molecule has 0 radical (unpaired) electrons. The molecule has 25 heavy (non-hydrogen) atoms. The summed E-state index contributed by atoms with van der Waals surface area (Å²) in [5.74, 6) is 1.91. The second kappa shape index (κ2) is 6.59. The van der Waals surface area contributed by atoms with Crippen LogP contribution in [0.15, 0.2) is 24.3 Å². The molecule has 0 spiro atoms. The van der Waals surface area contributed by atoms with Gasteiger partial charge in [0.25, 0.3) is 0 Å². The minimum Gasteiger partial charge on any atom is -0.393 e. The highest BCUT2D eigenvalue weighted by atomic mass is 16.3. The molecule has 0 bridgehead atoms. The average Bonchev–Trinajstić information content (AvgIpc) is 3.30. The molecule has 1 amide bonds. The topological polar surface area (TPSA) is 90.9 Å². The number of carbonyl (C=O) groups excluding carboxylic acids is 1. The van der Waals surface area contributed by atoms with Gasteiger partial charge in [0.1, 0.15) is 5.82 Å². The molecule has 1 fully saturated rings. The predicted molar refractivity (Wildman–Crippen MR) is 92.9 cm³/mol. The molecule has 3 N–H and O–H groups in total. The molecule has 1 aromatic heterocycles. The summed E-state index contributed by atoms with van der Waals surface area (Å²) in [4.78, 5) is 16.9. The van der Waals surface area contributed by atoms with E-state index >= 15 is 0 Å². The van der Waals surface area contributed by atoms with E-state index in [4.69, 9.17) is 0 Å². The van der Waals surface area contributed by atoms with Gasteiger partial charge < -0.3 is 10.4 Å². The zero-order valence-corrected chi connectivity index (χ0v) is 14.4. The van der Waals surface area contributed by atoms with Gasteiger partial charge in [0, 0.05) is 24.3 Å². The van der Waals surface area contributed by atoms with Crippen molar-refractivity contribution in [2.45, 2.75) is 44.6 Å². The lowest BCUT2D eigenvalue weighted by atomic mass is 10.0. The van der Waals surface area contributed by atoms with Crippen molar-refractivity contribution >= 4 is 5.91 Å². The van der Waals surface area contributed by atoms with E-state index in [1.807, 2.05) is 19.1 Å². The van der Waals surface area contributed by atoms with Gasteiger partial charge >= 0.3 is 0 Å². The highest BCUT2D eigenvalue weighted by Crippen LogP contribution is 2.37. The number of amides is 1. The van der Waals surface area contributed by atoms with Crippen LogP contribution in [0.3, 0.4) is 0 Å². The summed E-state index contributed by atoms with van der Waals surface area (Å²) in [5, 5.41) is 20.5. The number of carbonyl (C=O) groups is 1. The van der Waals surface area contributed by atoms with E-state index in [9.17, 15) is 9.90 Å². The molecule has 0 aliphatic heterocycles. The number of hydrogen-bond donors (Lipinski definition) is 3. The third kappa shape index (κ3) is 3.31. The van der Waals surface area contributed by atoms with Crippen LogP contribution in [0.5, 0.6) is 0 Å². The number of aliphatic hydroxyl groups is 1. The van der Waals surface area contributed by atoms with Gasteiger partial charge in [0.15, 0.2) is 5.82 Å². The van der Waals surface area contributed by atoms with Gasteiger partial charge in [-0.15, -0.1) is 0 Å². The molecule has 1 saturated carbocycles. The summed E-state index contributed by atoms with van der Waals surface area (Å²) in [6.45, 7) is 2.39. The standard InChI is InChI=1S/C19H24N4O2/c1-11-21-18(23-22-11)14-8-16(17(24)9-14)10-20-19(25)15-6-12-4-2-3-5-13(12)7-15/h2-5,14-17,24H,6-10H2,1H3,(H,20,25)(H,21,22,23)/t14-,16+,17+/m0/s1. The lowest BCUT2D eigenvalue weighted by Gasteiger charge is -2.17. The van der Waals surface area contributed by atoms with E-state index in [2.05, 4.69) is 32.6 Å². The molecule has 2 aliphatic rings. The maximum absolute atomic E-state index is 12.5. The van der Waals surface area contributed by atoms with Crippen LogP contribution < -0.4 is 5.32 Å². The summed E-state index contributed by atoms with van der Waals surface area (Å²) < 4.78 is 0. The number of benzene rings is 1. The van der Waals surface area contributed by atoms with E-state index in [0.29, 0.717) is 13.0 Å². The van der Waals surface area contributed by atoms with E-state index in [0.717, 1.165) is 30.9 Å². The van der Waals surface area contributed by atoms with Crippen LogP contribution in [-0.2, 0) is 17.6 Å². The molecule has 2 aliphatic carbocycles. The quantitative estimate of drug-likeness (QED) is 0.787. The number of aromatic amines is 1. The lowest BCUT2D eigenvalue weighted by Crippen LogP contribution is -2.36. The molecular weight excluding hydrogens is 316 g/mol. The van der Waals surface area contributed by atoms with Crippen molar-refractivity contribution in [2.75, 3.05) is 6.54 Å². The molecule has 4 rings (SSSR count). The van der Waals surface area contributed by atoms with Crippen molar-refractivity contribution in [3.05, 3.63) is 47.0 Å². The van der Waals surface area contributed by atoms with E-state index in [-0.39, 0.29) is 23.7 Å². The number of aliphatic hydroxyl groups excluding tert-OH is 1. The maximum Gasteiger partial charge on any atom is 0.223 e. The molecule has 132 valence electrons. The fourth-order valence-corrected chi connectivity index (χ4v) is 4.20. The van der Waals surface area contributed by atoms with Crippen LogP contribution in [0.4, 0.5) is 0 Å². The molecule has 1 aromatic carbocycles. The third-order valence-corrected chi connectivity index (χ3v) is 5.60. The number of fused-ring (bicyclic) bond motifs is 1. The van der Waals surface area contributed by atoms with Crippen molar-refractivity contribution in [1.82, 2.24) is 20.5 Å². The Morgan fingerprint density at radius 1 is 1.28 bits per heavy atom. The van der Waals surface area contributed by atoms with Crippen molar-refractivity contribution in [1.29, 1.82) is 0 Å². The van der Waals surface area contributed by atoms with E-state index < -0.39 is 6.10 Å². The molecule has 2 aromatic rings. The smallest absolute Gasteiger partial charge is 0.223 e. The van der Waals surface area contributed by atoms with Gasteiger partial charge in [-0.05, 0) is 43.7 Å². The van der Waals surface area contributed by atoms with Gasteiger partial charge in [0.05, 0.1) is 6.10 Å². The summed E-state index contributed by atoms with van der Waals surface area (Å²) in [6, 6.07) is 8.26. The minimum atomic E-state index is -0.412. The van der Waals surface area contributed by atoms with Crippen molar-refractivity contribution < 1.29 is 9.90 Å². The highest BCUT2D eigenvalue weighted by Gasteiger charge is 2.36. The first-order valence-electron chi connectivity index (χ1n) is 9.01. The largest absolute Gasteiger partial charge is 0.393 e. The Balaban J connectivity index is 1.31. The predicted octanol–water partition coefficient (Wildman–Crippen LogP) is 1.50. The number of hydrogen-bond acceptors (Lipinski definition) is 4. The second-order valence-electron chi connectivity index (χ2n) is 7.39. The molecule has 1 heterocycles. The number of nitrogens with one attached hydrogen (secondary N) is 2. The minimum absolute atomic E-state index is 0.0161. The number of rotatable bonds is 4. The van der Waals surface area contributed by atoms with Gasteiger partial charge in [-0.2, -0.15) is 5.10 Å². The summed E-state index contributed by atoms with van der Waals surface area (Å²) in [6.07, 6.45) is 2.68. The van der Waals surface area contributed by atoms with Gasteiger partial charge in [-0.3, -0.25) is 9.89 Å². The summed E-state index contributed by atoms with van der Waals surface area (Å²) in [5.41, 5.74) is 2.56. The van der Waals surface area contributed by atoms with Crippen molar-refractivity contribution in [2.24, 2.45) is 11.8 Å². The van der Waals surface area contributed by atoms with Crippen LogP contribution >= 0.6 is 0 Å². The first-order valence-corrected chi connectivity index (χ1v) is 9.01. The Labute approximate surface area is 147 Å². The van der Waals surface area contributed by atoms with E-state index in [1.165, 1.54) is 11.1 Å². The van der Waals surface area contributed by atoms with Gasteiger partial charge in [0.2, 0.25) is 5.91 Å². The molecule has 3 atom stereocenters. The molecule has 0 unspecified atom stereocenters. The molecular formula is C19H24N4O2. The number of nitrogens with zero attached hydrogens (tertiary/aromatic N) is 2. The van der Waals surface area contributed by atoms with Crippen molar-refractivity contribution in [3.63, 3.8) is 0 Å². The van der Waals surface area contributed by atoms with Crippen LogP contribution in [0, 0.1) is 18.8 Å². The summed E-state index contributed by atoms with van der Waals surface area (Å²) >= 11 is 0. The zero-order chi connectivity index (χ0) is 17.4. The molecule has 6 heteroatoms. The normalized spacial score (nSPS) is 25.9. The zero-order valence-electron chi connectivity index (χ0n) is 14.4. The van der Waals surface area contributed by atoms with Crippen LogP contribution in [0.25, 0.3) is 0 Å². The lowest BCUT2D eigenvalue weighted by molar-refractivity contribution is -0.125. The van der Waals surface area contributed by atoms with Crippen LogP contribution in [0.1, 0.15) is 41.5 Å². The Morgan fingerprint density at radius 2 is 2.00 bits per heavy atom. The maximum atomic E-state index is 12.5. The van der Waals surface area contributed by atoms with E-state index in [1.54, 1.807) is 0 Å². The Bertz CT molecular complexity index is 747. The fourth-order valence-electron chi connectivity index (χ4n) is 4.20. The average molecular weight is 340 g/mol. The Kier molecular flexibility index (Phi) is 4.29. The Hall–Kier alpha value is -2.21. The van der Waals surface area contributed by atoms with Gasteiger partial charge in [-0.25, -0.2) is 4.98 Å². The van der Waals surface area contributed by atoms with Crippen molar-refractivity contribution in [3.8, 4) is 0 Å². The fraction of sp³-hybridized carbons (Fsp3) is 0.526. The van der Waals surface area contributed by atoms with Crippen LogP contribution in [0.2, 0.25) is 0 Å². The Morgan fingerprint density at radius 3 is 2.64 bits per heavy atom. The molecule has 6 nitrogen and oxygen atoms in total. The number of aromatic nitrogens is 3. The summed E-state index contributed by atoms with van der Waals surface area (Å²) in [7, 11) is 0. The number of H-pyrrole nitrogens is 1. The number of aryl methyl sites for hydroxylation is 1. The molecule has 0 saturated heterocycles. The SMILES string of the molecule is Cc1nc([C@H]2C[C@H](CNC(=O)C3Cc4ccccc4C3)[C@H](O)C2)n[nH]1. The highest BCUT2D eigenvalue weighted by molar-refractivity contribution is 5.80. The van der Waals surface area contributed by atoms with Gasteiger partial charge in [-0.1, -0.05) is 24.3 Å². The first-order chi connectivity index (χ1) is 12.1. The second-order valence-corrected chi connectivity index (χ2v) is 7.39.